The third-order valence-electron chi connectivity index (χ3n) is 4.89. The number of amides is 4. The Kier molecular flexibility index (Phi) is 6.59. The highest BCUT2D eigenvalue weighted by Crippen LogP contribution is 2.28. The molecule has 1 aliphatic heterocycles. The van der Waals surface area contributed by atoms with E-state index in [2.05, 4.69) is 22.8 Å². The molecular formula is C22H25N3O3S. The van der Waals surface area contributed by atoms with Crippen LogP contribution in [0.3, 0.4) is 0 Å². The van der Waals surface area contributed by atoms with Gasteiger partial charge in [0.25, 0.3) is 5.91 Å². The molecule has 2 N–H and O–H groups in total. The lowest BCUT2D eigenvalue weighted by atomic mass is 9.91. The second-order valence-corrected chi connectivity index (χ2v) is 8.31. The van der Waals surface area contributed by atoms with E-state index < -0.39 is 17.5 Å². The van der Waals surface area contributed by atoms with Crippen LogP contribution in [0.2, 0.25) is 0 Å². The second-order valence-electron chi connectivity index (χ2n) is 7.20. The molecule has 1 atom stereocenters. The van der Waals surface area contributed by atoms with Crippen LogP contribution in [0.1, 0.15) is 23.6 Å². The van der Waals surface area contributed by atoms with Crippen LogP contribution in [0.25, 0.3) is 0 Å². The van der Waals surface area contributed by atoms with Gasteiger partial charge < -0.3 is 10.6 Å². The number of carbonyl (C=O) groups excluding carboxylic acids is 3. The van der Waals surface area contributed by atoms with Gasteiger partial charge in [0, 0.05) is 18.1 Å². The highest BCUT2D eigenvalue weighted by molar-refractivity contribution is 7.98. The van der Waals surface area contributed by atoms with Crippen molar-refractivity contribution in [1.82, 2.24) is 15.5 Å². The van der Waals surface area contributed by atoms with Crippen molar-refractivity contribution in [3.63, 3.8) is 0 Å². The van der Waals surface area contributed by atoms with Gasteiger partial charge in [-0.3, -0.25) is 14.5 Å². The quantitative estimate of drug-likeness (QED) is 0.517. The van der Waals surface area contributed by atoms with Gasteiger partial charge in [-0.1, -0.05) is 60.2 Å². The van der Waals surface area contributed by atoms with Gasteiger partial charge in [-0.05, 0) is 25.0 Å². The summed E-state index contributed by atoms with van der Waals surface area (Å²) in [6.45, 7) is 3.82. The number of urea groups is 1. The van der Waals surface area contributed by atoms with Gasteiger partial charge in [0.05, 0.1) is 0 Å². The first-order valence-corrected chi connectivity index (χ1v) is 10.7. The minimum absolute atomic E-state index is 0.282. The Morgan fingerprint density at radius 1 is 1.10 bits per heavy atom. The average molecular weight is 412 g/mol. The number of hydrogen-bond acceptors (Lipinski definition) is 4. The van der Waals surface area contributed by atoms with Crippen molar-refractivity contribution in [2.45, 2.75) is 25.1 Å². The summed E-state index contributed by atoms with van der Waals surface area (Å²) in [5.41, 5.74) is 1.84. The summed E-state index contributed by atoms with van der Waals surface area (Å²) >= 11 is 1.72. The van der Waals surface area contributed by atoms with Gasteiger partial charge in [0.1, 0.15) is 12.1 Å². The van der Waals surface area contributed by atoms with E-state index in [4.69, 9.17) is 0 Å². The van der Waals surface area contributed by atoms with Gasteiger partial charge in [-0.15, -0.1) is 0 Å². The van der Waals surface area contributed by atoms with Crippen LogP contribution in [-0.2, 0) is 20.9 Å². The van der Waals surface area contributed by atoms with Gasteiger partial charge in [-0.2, -0.15) is 11.8 Å². The fraction of sp³-hybridized carbons (Fsp3) is 0.318. The van der Waals surface area contributed by atoms with Crippen molar-refractivity contribution in [3.05, 3.63) is 71.3 Å². The minimum Gasteiger partial charge on any atom is -0.354 e. The van der Waals surface area contributed by atoms with E-state index in [1.165, 1.54) is 5.56 Å². The summed E-state index contributed by atoms with van der Waals surface area (Å²) in [6, 6.07) is 17.0. The van der Waals surface area contributed by atoms with Gasteiger partial charge >= 0.3 is 6.03 Å². The number of thioether (sulfide) groups is 1. The van der Waals surface area contributed by atoms with Gasteiger partial charge in [0.2, 0.25) is 5.91 Å². The largest absolute Gasteiger partial charge is 0.354 e. The lowest BCUT2D eigenvalue weighted by Gasteiger charge is -2.22. The van der Waals surface area contributed by atoms with E-state index in [0.717, 1.165) is 22.0 Å². The number of nitrogens with one attached hydrogen (secondary N) is 2. The number of rotatable bonds is 8. The van der Waals surface area contributed by atoms with E-state index in [1.807, 2.05) is 49.4 Å². The minimum atomic E-state index is -1.16. The molecule has 152 valence electrons. The maximum absolute atomic E-state index is 12.9. The summed E-state index contributed by atoms with van der Waals surface area (Å²) in [6.07, 6.45) is 0. The van der Waals surface area contributed by atoms with E-state index in [-0.39, 0.29) is 12.5 Å². The van der Waals surface area contributed by atoms with E-state index >= 15 is 0 Å². The molecule has 3 rings (SSSR count). The van der Waals surface area contributed by atoms with Gasteiger partial charge in [-0.25, -0.2) is 4.79 Å². The summed E-state index contributed by atoms with van der Waals surface area (Å²) < 4.78 is 0. The van der Waals surface area contributed by atoms with Crippen LogP contribution in [0.15, 0.2) is 54.6 Å². The Bertz CT molecular complexity index is 886. The van der Waals surface area contributed by atoms with Crippen LogP contribution in [0.4, 0.5) is 4.79 Å². The highest BCUT2D eigenvalue weighted by Gasteiger charge is 2.49. The Morgan fingerprint density at radius 2 is 1.79 bits per heavy atom. The standard InChI is InChI=1S/C22H25N3O3S/c1-16-8-10-18(11-9-16)22(2)20(27)25(21(28)24-22)14-19(26)23-12-13-29-15-17-6-4-3-5-7-17/h3-11H,12-15H2,1-2H3,(H,23,26)(H,24,28)/t22-/m1/s1. The second kappa shape index (κ2) is 9.13. The molecule has 1 aliphatic rings. The third kappa shape index (κ3) is 4.98. The fourth-order valence-corrected chi connectivity index (χ4v) is 3.97. The lowest BCUT2D eigenvalue weighted by Crippen LogP contribution is -2.43. The number of benzene rings is 2. The topological polar surface area (TPSA) is 78.5 Å². The Hall–Kier alpha value is -2.80. The molecule has 1 heterocycles. The van der Waals surface area contributed by atoms with Crippen LogP contribution in [0.5, 0.6) is 0 Å². The van der Waals surface area contributed by atoms with Gasteiger partial charge in [0.15, 0.2) is 0 Å². The molecule has 2 aromatic carbocycles. The molecule has 0 bridgehead atoms. The number of hydrogen-bond donors (Lipinski definition) is 2. The first kappa shape index (κ1) is 20.9. The third-order valence-corrected chi connectivity index (χ3v) is 5.92. The molecule has 2 aromatic rings. The molecule has 4 amide bonds. The zero-order valence-corrected chi connectivity index (χ0v) is 17.4. The van der Waals surface area contributed by atoms with Crippen LogP contribution in [0, 0.1) is 6.92 Å². The molecule has 0 saturated carbocycles. The maximum atomic E-state index is 12.9. The van der Waals surface area contributed by atoms with Crippen molar-refractivity contribution in [1.29, 1.82) is 0 Å². The van der Waals surface area contributed by atoms with Crippen molar-refractivity contribution in [2.75, 3.05) is 18.8 Å². The van der Waals surface area contributed by atoms with Crippen LogP contribution in [-0.4, -0.2) is 41.6 Å². The summed E-state index contributed by atoms with van der Waals surface area (Å²) in [5, 5.41) is 5.50. The molecule has 29 heavy (non-hydrogen) atoms. The first-order valence-electron chi connectivity index (χ1n) is 9.50. The molecule has 0 radical (unpaired) electrons. The molecule has 1 fully saturated rings. The normalized spacial score (nSPS) is 18.6. The molecule has 6 nitrogen and oxygen atoms in total. The molecule has 0 unspecified atom stereocenters. The molecule has 0 spiro atoms. The van der Waals surface area contributed by atoms with Crippen molar-refractivity contribution in [3.8, 4) is 0 Å². The maximum Gasteiger partial charge on any atom is 0.325 e. The number of imide groups is 1. The zero-order valence-electron chi connectivity index (χ0n) is 16.6. The molecule has 0 aromatic heterocycles. The van der Waals surface area contributed by atoms with Crippen molar-refractivity contribution >= 4 is 29.6 Å². The van der Waals surface area contributed by atoms with Crippen molar-refractivity contribution in [2.24, 2.45) is 0 Å². The molecule has 7 heteroatoms. The summed E-state index contributed by atoms with van der Waals surface area (Å²) in [4.78, 5) is 38.4. The summed E-state index contributed by atoms with van der Waals surface area (Å²) in [5.74, 6) is 0.863. The fourth-order valence-electron chi connectivity index (χ4n) is 3.15. The smallest absolute Gasteiger partial charge is 0.325 e. The van der Waals surface area contributed by atoms with Crippen LogP contribution < -0.4 is 10.6 Å². The monoisotopic (exact) mass is 411 g/mol. The predicted octanol–water partition coefficient (Wildman–Crippen LogP) is 2.81. The SMILES string of the molecule is Cc1ccc([C@@]2(C)NC(=O)N(CC(=O)NCCSCc3ccccc3)C2=O)cc1. The average Bonchev–Trinajstić information content (AvgIpc) is 2.93. The summed E-state index contributed by atoms with van der Waals surface area (Å²) in [7, 11) is 0. The van der Waals surface area contributed by atoms with E-state index in [1.54, 1.807) is 18.7 Å². The van der Waals surface area contributed by atoms with Crippen LogP contribution >= 0.6 is 11.8 Å². The first-order chi connectivity index (χ1) is 13.9. The van der Waals surface area contributed by atoms with E-state index in [9.17, 15) is 14.4 Å². The molecule has 0 aliphatic carbocycles. The Labute approximate surface area is 175 Å². The van der Waals surface area contributed by atoms with Crippen molar-refractivity contribution < 1.29 is 14.4 Å². The number of aryl methyl sites for hydroxylation is 1. The number of carbonyl (C=O) groups is 3. The lowest BCUT2D eigenvalue weighted by molar-refractivity contribution is -0.134. The highest BCUT2D eigenvalue weighted by atomic mass is 32.2. The predicted molar refractivity (Wildman–Crippen MR) is 114 cm³/mol. The molecular weight excluding hydrogens is 386 g/mol. The van der Waals surface area contributed by atoms with E-state index in [0.29, 0.717) is 12.1 Å². The Balaban J connectivity index is 1.48. The zero-order chi connectivity index (χ0) is 20.9. The Morgan fingerprint density at radius 3 is 2.48 bits per heavy atom. The number of nitrogens with zero attached hydrogens (tertiary/aromatic N) is 1. The molecule has 1 saturated heterocycles.